The Bertz CT molecular complexity index is 227. The van der Waals surface area contributed by atoms with Crippen LogP contribution in [0.15, 0.2) is 0 Å². The van der Waals surface area contributed by atoms with E-state index in [-0.39, 0.29) is 5.41 Å². The summed E-state index contributed by atoms with van der Waals surface area (Å²) in [5.74, 6) is 0. The molecule has 0 aliphatic heterocycles. The molecule has 0 aromatic carbocycles. The van der Waals surface area contributed by atoms with Crippen LogP contribution < -0.4 is 17.2 Å². The fourth-order valence-corrected chi connectivity index (χ4v) is 2.11. The smallest absolute Gasteiger partial charge is 0.0637 e. The molecular formula is C17H39N3O4. The predicted octanol–water partition coefficient (Wildman–Crippen LogP) is 0.496. The molecule has 0 radical (unpaired) electrons. The zero-order chi connectivity index (χ0) is 17.9. The van der Waals surface area contributed by atoms with Crippen LogP contribution in [0, 0.1) is 5.41 Å². The quantitative estimate of drug-likeness (QED) is 0.291. The lowest BCUT2D eigenvalue weighted by Crippen LogP contribution is -2.42. The van der Waals surface area contributed by atoms with Gasteiger partial charge in [0.05, 0.1) is 31.8 Å². The van der Waals surface area contributed by atoms with E-state index in [1.165, 1.54) is 0 Å². The zero-order valence-electron chi connectivity index (χ0n) is 15.5. The van der Waals surface area contributed by atoms with Crippen molar-refractivity contribution in [2.24, 2.45) is 22.6 Å². The molecule has 0 spiro atoms. The van der Waals surface area contributed by atoms with Crippen molar-refractivity contribution in [3.05, 3.63) is 0 Å². The van der Waals surface area contributed by atoms with E-state index in [9.17, 15) is 0 Å². The van der Waals surface area contributed by atoms with Gasteiger partial charge in [-0.2, -0.15) is 0 Å². The number of hydrogen-bond acceptors (Lipinski definition) is 7. The topological polar surface area (TPSA) is 115 Å². The van der Waals surface area contributed by atoms with Gasteiger partial charge in [-0.15, -0.1) is 0 Å². The molecule has 146 valence electrons. The van der Waals surface area contributed by atoms with Gasteiger partial charge in [0.15, 0.2) is 0 Å². The Morgan fingerprint density at radius 1 is 0.583 bits per heavy atom. The standard InChI is InChI=1S/C17H39N3O4/c1-2-9-21-13-17(14-22-10-3-6-18,15-23-11-4-7-19)16-24-12-5-8-20/h2-16,18-20H2,1H3. The zero-order valence-corrected chi connectivity index (χ0v) is 15.5. The van der Waals surface area contributed by atoms with Gasteiger partial charge in [-0.3, -0.25) is 0 Å². The highest BCUT2D eigenvalue weighted by atomic mass is 16.5. The molecule has 0 aliphatic rings. The molecule has 0 atom stereocenters. The van der Waals surface area contributed by atoms with E-state index >= 15 is 0 Å². The number of ether oxygens (including phenoxy) is 4. The van der Waals surface area contributed by atoms with E-state index in [0.717, 1.165) is 32.3 Å². The molecule has 0 aromatic rings. The SMILES string of the molecule is CCCOCC(COCCCN)(COCCCN)COCCCN. The summed E-state index contributed by atoms with van der Waals surface area (Å²) in [6.45, 7) is 8.73. The van der Waals surface area contributed by atoms with Crippen molar-refractivity contribution in [1.29, 1.82) is 0 Å². The molecule has 0 rings (SSSR count). The summed E-state index contributed by atoms with van der Waals surface area (Å²) < 4.78 is 23.3. The molecule has 7 nitrogen and oxygen atoms in total. The molecule has 0 saturated carbocycles. The number of rotatable bonds is 19. The van der Waals surface area contributed by atoms with E-state index in [0.29, 0.717) is 65.9 Å². The van der Waals surface area contributed by atoms with Gasteiger partial charge in [0.2, 0.25) is 0 Å². The third-order valence-corrected chi connectivity index (χ3v) is 3.46. The minimum atomic E-state index is -0.313. The normalized spacial score (nSPS) is 12.0. The van der Waals surface area contributed by atoms with Gasteiger partial charge in [0.1, 0.15) is 0 Å². The lowest BCUT2D eigenvalue weighted by Gasteiger charge is -2.33. The summed E-state index contributed by atoms with van der Waals surface area (Å²) in [5.41, 5.74) is 16.3. The molecule has 0 aliphatic carbocycles. The van der Waals surface area contributed by atoms with Crippen molar-refractivity contribution in [2.45, 2.75) is 32.6 Å². The van der Waals surface area contributed by atoms with Crippen molar-refractivity contribution in [2.75, 3.05) is 72.5 Å². The van der Waals surface area contributed by atoms with E-state index < -0.39 is 0 Å². The van der Waals surface area contributed by atoms with Crippen LogP contribution >= 0.6 is 0 Å². The van der Waals surface area contributed by atoms with Crippen molar-refractivity contribution < 1.29 is 18.9 Å². The minimum absolute atomic E-state index is 0.313. The van der Waals surface area contributed by atoms with Gasteiger partial charge in [0, 0.05) is 26.4 Å². The molecule has 0 amide bonds. The molecular weight excluding hydrogens is 310 g/mol. The summed E-state index contributed by atoms with van der Waals surface area (Å²) in [6.07, 6.45) is 3.50. The maximum Gasteiger partial charge on any atom is 0.0637 e. The third-order valence-electron chi connectivity index (χ3n) is 3.46. The van der Waals surface area contributed by atoms with Crippen LogP contribution in [0.5, 0.6) is 0 Å². The Balaban J connectivity index is 4.58. The molecule has 0 unspecified atom stereocenters. The monoisotopic (exact) mass is 349 g/mol. The molecule has 0 aromatic heterocycles. The average Bonchev–Trinajstić information content (AvgIpc) is 2.60. The van der Waals surface area contributed by atoms with E-state index in [2.05, 4.69) is 6.92 Å². The Labute approximate surface area is 147 Å². The van der Waals surface area contributed by atoms with Crippen LogP contribution in [-0.2, 0) is 18.9 Å². The van der Waals surface area contributed by atoms with Gasteiger partial charge in [-0.05, 0) is 45.3 Å². The Morgan fingerprint density at radius 3 is 1.21 bits per heavy atom. The van der Waals surface area contributed by atoms with Crippen molar-refractivity contribution in [1.82, 2.24) is 0 Å². The summed E-state index contributed by atoms with van der Waals surface area (Å²) in [7, 11) is 0. The minimum Gasteiger partial charge on any atom is -0.381 e. The van der Waals surface area contributed by atoms with Gasteiger partial charge in [0.25, 0.3) is 0 Å². The predicted molar refractivity (Wildman–Crippen MR) is 97.0 cm³/mol. The number of nitrogens with two attached hydrogens (primary N) is 3. The van der Waals surface area contributed by atoms with Crippen LogP contribution in [0.1, 0.15) is 32.6 Å². The highest BCUT2D eigenvalue weighted by Gasteiger charge is 2.32. The van der Waals surface area contributed by atoms with Crippen LogP contribution in [0.2, 0.25) is 0 Å². The Kier molecular flexibility index (Phi) is 17.3. The highest BCUT2D eigenvalue weighted by Crippen LogP contribution is 2.21. The first-order valence-corrected chi connectivity index (χ1v) is 9.16. The van der Waals surface area contributed by atoms with Crippen LogP contribution in [-0.4, -0.2) is 72.5 Å². The largest absolute Gasteiger partial charge is 0.381 e. The van der Waals surface area contributed by atoms with Gasteiger partial charge in [-0.25, -0.2) is 0 Å². The van der Waals surface area contributed by atoms with Crippen LogP contribution in [0.4, 0.5) is 0 Å². The summed E-state index contributed by atoms with van der Waals surface area (Å²) in [6, 6.07) is 0. The van der Waals surface area contributed by atoms with E-state index in [4.69, 9.17) is 36.1 Å². The maximum absolute atomic E-state index is 5.81. The second-order valence-electron chi connectivity index (χ2n) is 6.14. The third kappa shape index (κ3) is 13.1. The Hall–Kier alpha value is -0.280. The molecule has 6 N–H and O–H groups in total. The molecule has 0 bridgehead atoms. The molecule has 0 saturated heterocycles. The lowest BCUT2D eigenvalue weighted by molar-refractivity contribution is -0.107. The van der Waals surface area contributed by atoms with Crippen molar-refractivity contribution in [3.63, 3.8) is 0 Å². The second kappa shape index (κ2) is 17.5. The summed E-state index contributed by atoms with van der Waals surface area (Å²) >= 11 is 0. The lowest BCUT2D eigenvalue weighted by atomic mass is 9.92. The van der Waals surface area contributed by atoms with Crippen LogP contribution in [0.25, 0.3) is 0 Å². The highest BCUT2D eigenvalue weighted by molar-refractivity contribution is 4.79. The average molecular weight is 350 g/mol. The van der Waals surface area contributed by atoms with Gasteiger partial charge < -0.3 is 36.1 Å². The van der Waals surface area contributed by atoms with Crippen molar-refractivity contribution in [3.8, 4) is 0 Å². The van der Waals surface area contributed by atoms with Gasteiger partial charge in [-0.1, -0.05) is 6.92 Å². The first kappa shape index (κ1) is 23.7. The first-order valence-electron chi connectivity index (χ1n) is 9.16. The van der Waals surface area contributed by atoms with E-state index in [1.807, 2.05) is 0 Å². The number of hydrogen-bond donors (Lipinski definition) is 3. The summed E-state index contributed by atoms with van der Waals surface area (Å²) in [5, 5.41) is 0. The summed E-state index contributed by atoms with van der Waals surface area (Å²) in [4.78, 5) is 0. The van der Waals surface area contributed by atoms with Crippen LogP contribution in [0.3, 0.4) is 0 Å². The first-order chi connectivity index (χ1) is 11.7. The molecule has 24 heavy (non-hydrogen) atoms. The maximum atomic E-state index is 5.81. The molecule has 7 heteroatoms. The fourth-order valence-electron chi connectivity index (χ4n) is 2.11. The van der Waals surface area contributed by atoms with Gasteiger partial charge >= 0.3 is 0 Å². The second-order valence-corrected chi connectivity index (χ2v) is 6.14. The fraction of sp³-hybridized carbons (Fsp3) is 1.00. The van der Waals surface area contributed by atoms with Crippen molar-refractivity contribution >= 4 is 0 Å². The molecule has 0 fully saturated rings. The van der Waals surface area contributed by atoms with E-state index in [1.54, 1.807) is 0 Å². The Morgan fingerprint density at radius 2 is 0.917 bits per heavy atom. The molecule has 0 heterocycles.